The van der Waals surface area contributed by atoms with Crippen LogP contribution in [-0.2, 0) is 6.54 Å². The van der Waals surface area contributed by atoms with Crippen molar-refractivity contribution in [2.75, 3.05) is 12.4 Å². The van der Waals surface area contributed by atoms with Crippen LogP contribution in [0.2, 0.25) is 0 Å². The van der Waals surface area contributed by atoms with Gasteiger partial charge in [0.2, 0.25) is 0 Å². The number of aromatic nitrogens is 3. The zero-order chi connectivity index (χ0) is 17.9. The Morgan fingerprint density at radius 3 is 2.77 bits per heavy atom. The number of aliphatic hydroxyl groups is 1. The monoisotopic (exact) mass is 369 g/mol. The number of fused-ring (bicyclic) bond motifs is 1. The van der Waals surface area contributed by atoms with Gasteiger partial charge in [0.15, 0.2) is 5.16 Å². The molecule has 26 heavy (non-hydrogen) atoms. The third-order valence-electron chi connectivity index (χ3n) is 4.57. The highest BCUT2D eigenvalue weighted by Crippen LogP contribution is 2.40. The van der Waals surface area contributed by atoms with Gasteiger partial charge in [-0.1, -0.05) is 42.1 Å². The summed E-state index contributed by atoms with van der Waals surface area (Å²) >= 11 is 1.54. The number of rotatable bonds is 8. The second kappa shape index (κ2) is 7.68. The van der Waals surface area contributed by atoms with E-state index in [1.165, 1.54) is 18.2 Å². The highest BCUT2D eigenvalue weighted by atomic mass is 32.2. The summed E-state index contributed by atoms with van der Waals surface area (Å²) in [6.45, 7) is 3.24. The van der Waals surface area contributed by atoms with Crippen LogP contribution in [0.25, 0.3) is 10.8 Å². The van der Waals surface area contributed by atoms with Crippen LogP contribution in [0.3, 0.4) is 0 Å². The average Bonchev–Trinajstić information content (AvgIpc) is 3.44. The molecule has 0 amide bonds. The Labute approximate surface area is 157 Å². The van der Waals surface area contributed by atoms with E-state index >= 15 is 0 Å². The average molecular weight is 369 g/mol. The van der Waals surface area contributed by atoms with E-state index in [0.717, 1.165) is 28.7 Å². The Bertz CT molecular complexity index is 892. The van der Waals surface area contributed by atoms with E-state index in [9.17, 15) is 5.11 Å². The van der Waals surface area contributed by atoms with Crippen LogP contribution in [0.1, 0.15) is 31.5 Å². The molecule has 0 spiro atoms. The van der Waals surface area contributed by atoms with Crippen LogP contribution in [0, 0.1) is 0 Å². The van der Waals surface area contributed by atoms with Crippen molar-refractivity contribution in [2.45, 2.75) is 43.5 Å². The van der Waals surface area contributed by atoms with Crippen molar-refractivity contribution in [3.63, 3.8) is 0 Å². The molecular weight excluding hydrogens is 346 g/mol. The van der Waals surface area contributed by atoms with Gasteiger partial charge in [0.1, 0.15) is 18.2 Å². The lowest BCUT2D eigenvalue weighted by Gasteiger charge is -2.13. The normalized spacial score (nSPS) is 15.3. The molecule has 0 saturated heterocycles. The Balaban J connectivity index is 1.31. The zero-order valence-corrected chi connectivity index (χ0v) is 15.7. The molecule has 0 bridgehead atoms. The second-order valence-electron chi connectivity index (χ2n) is 6.64. The summed E-state index contributed by atoms with van der Waals surface area (Å²) in [5, 5.41) is 22.1. The number of hydrogen-bond acceptors (Lipinski definition) is 5. The Kier molecular flexibility index (Phi) is 5.13. The largest absolute Gasteiger partial charge is 0.491 e. The first-order chi connectivity index (χ1) is 12.7. The van der Waals surface area contributed by atoms with E-state index in [-0.39, 0.29) is 6.61 Å². The summed E-state index contributed by atoms with van der Waals surface area (Å²) in [5.74, 6) is 2.99. The SMILES string of the molecule is CCn1c(SC[C@@H](O)COc2ccc3ccccc3c2)nnc1C1CC1. The number of aliphatic hydroxyl groups excluding tert-OH is 1. The molecule has 6 heteroatoms. The molecule has 1 aliphatic rings. The van der Waals surface area contributed by atoms with Gasteiger partial charge in [0.05, 0.1) is 6.10 Å². The molecule has 3 aromatic rings. The minimum absolute atomic E-state index is 0.265. The smallest absolute Gasteiger partial charge is 0.191 e. The number of benzene rings is 2. The molecule has 2 aromatic carbocycles. The van der Waals surface area contributed by atoms with E-state index in [0.29, 0.717) is 11.7 Å². The maximum atomic E-state index is 10.3. The fourth-order valence-corrected chi connectivity index (χ4v) is 3.93. The molecule has 1 saturated carbocycles. The molecular formula is C20H23N3O2S. The summed E-state index contributed by atoms with van der Waals surface area (Å²) in [4.78, 5) is 0. The van der Waals surface area contributed by atoms with E-state index in [2.05, 4.69) is 33.8 Å². The number of thioether (sulfide) groups is 1. The van der Waals surface area contributed by atoms with Gasteiger partial charge in [-0.2, -0.15) is 0 Å². The van der Waals surface area contributed by atoms with Crippen molar-refractivity contribution in [3.05, 3.63) is 48.3 Å². The fraction of sp³-hybridized carbons (Fsp3) is 0.400. The molecule has 1 aliphatic carbocycles. The van der Waals surface area contributed by atoms with Crippen LogP contribution in [0.4, 0.5) is 0 Å². The highest BCUT2D eigenvalue weighted by molar-refractivity contribution is 7.99. The molecule has 1 heterocycles. The van der Waals surface area contributed by atoms with Gasteiger partial charge in [-0.05, 0) is 42.7 Å². The first kappa shape index (κ1) is 17.4. The number of ether oxygens (including phenoxy) is 1. The number of nitrogens with zero attached hydrogens (tertiary/aromatic N) is 3. The van der Waals surface area contributed by atoms with E-state index in [1.54, 1.807) is 11.8 Å². The minimum atomic E-state index is -0.558. The first-order valence-corrected chi connectivity index (χ1v) is 10.1. The summed E-state index contributed by atoms with van der Waals surface area (Å²) in [7, 11) is 0. The van der Waals surface area contributed by atoms with E-state index < -0.39 is 6.10 Å². The molecule has 1 aromatic heterocycles. The lowest BCUT2D eigenvalue weighted by atomic mass is 10.1. The summed E-state index contributed by atoms with van der Waals surface area (Å²) < 4.78 is 7.93. The molecule has 4 rings (SSSR count). The van der Waals surface area contributed by atoms with Gasteiger partial charge in [-0.3, -0.25) is 0 Å². The lowest BCUT2D eigenvalue weighted by molar-refractivity contribution is 0.126. The predicted molar refractivity (Wildman–Crippen MR) is 104 cm³/mol. The fourth-order valence-electron chi connectivity index (χ4n) is 3.02. The van der Waals surface area contributed by atoms with Crippen molar-refractivity contribution >= 4 is 22.5 Å². The maximum absolute atomic E-state index is 10.3. The van der Waals surface area contributed by atoms with Gasteiger partial charge >= 0.3 is 0 Å². The first-order valence-electron chi connectivity index (χ1n) is 9.10. The van der Waals surface area contributed by atoms with Crippen molar-refractivity contribution in [1.82, 2.24) is 14.8 Å². The summed E-state index contributed by atoms with van der Waals surface area (Å²) in [6.07, 6.45) is 1.87. The molecule has 1 atom stereocenters. The molecule has 5 nitrogen and oxygen atoms in total. The molecule has 1 fully saturated rings. The topological polar surface area (TPSA) is 60.2 Å². The predicted octanol–water partition coefficient (Wildman–Crippen LogP) is 3.86. The van der Waals surface area contributed by atoms with Gasteiger partial charge < -0.3 is 14.4 Å². The van der Waals surface area contributed by atoms with Crippen LogP contribution in [0.5, 0.6) is 5.75 Å². The summed E-state index contributed by atoms with van der Waals surface area (Å²) in [5.41, 5.74) is 0. The Hall–Kier alpha value is -2.05. The van der Waals surface area contributed by atoms with Crippen molar-refractivity contribution in [2.24, 2.45) is 0 Å². The minimum Gasteiger partial charge on any atom is -0.491 e. The van der Waals surface area contributed by atoms with Crippen LogP contribution < -0.4 is 4.74 Å². The molecule has 136 valence electrons. The molecule has 0 radical (unpaired) electrons. The third-order valence-corrected chi connectivity index (χ3v) is 5.68. The van der Waals surface area contributed by atoms with Crippen LogP contribution in [-0.4, -0.2) is 38.3 Å². The van der Waals surface area contributed by atoms with E-state index in [4.69, 9.17) is 4.74 Å². The van der Waals surface area contributed by atoms with E-state index in [1.807, 2.05) is 30.3 Å². The van der Waals surface area contributed by atoms with Gasteiger partial charge in [-0.15, -0.1) is 10.2 Å². The van der Waals surface area contributed by atoms with Gasteiger partial charge in [0.25, 0.3) is 0 Å². The molecule has 1 N–H and O–H groups in total. The van der Waals surface area contributed by atoms with Gasteiger partial charge in [0, 0.05) is 18.2 Å². The van der Waals surface area contributed by atoms with Gasteiger partial charge in [-0.25, -0.2) is 0 Å². The lowest BCUT2D eigenvalue weighted by Crippen LogP contribution is -2.20. The third kappa shape index (κ3) is 3.86. The maximum Gasteiger partial charge on any atom is 0.191 e. The highest BCUT2D eigenvalue weighted by Gasteiger charge is 2.30. The van der Waals surface area contributed by atoms with Crippen molar-refractivity contribution < 1.29 is 9.84 Å². The van der Waals surface area contributed by atoms with Crippen molar-refractivity contribution in [3.8, 4) is 5.75 Å². The van der Waals surface area contributed by atoms with Crippen molar-refractivity contribution in [1.29, 1.82) is 0 Å². The Morgan fingerprint density at radius 1 is 1.19 bits per heavy atom. The summed E-state index contributed by atoms with van der Waals surface area (Å²) in [6, 6.07) is 14.1. The van der Waals surface area contributed by atoms with Crippen LogP contribution in [0.15, 0.2) is 47.6 Å². The molecule has 0 aliphatic heterocycles. The second-order valence-corrected chi connectivity index (χ2v) is 7.63. The standard InChI is InChI=1S/C20H23N3O2S/c1-2-23-19(15-7-8-15)21-22-20(23)26-13-17(24)12-25-18-10-9-14-5-3-4-6-16(14)11-18/h3-6,9-11,15,17,24H,2,7-8,12-13H2,1H3/t17-/m0/s1. The number of hydrogen-bond donors (Lipinski definition) is 1. The molecule has 0 unspecified atom stereocenters. The quantitative estimate of drug-likeness (QED) is 0.611. The zero-order valence-electron chi connectivity index (χ0n) is 14.8. The Morgan fingerprint density at radius 2 is 2.00 bits per heavy atom. The van der Waals surface area contributed by atoms with Crippen LogP contribution >= 0.6 is 11.8 Å².